The number of nitrogens with zero attached hydrogens (tertiary/aromatic N) is 2. The largest absolute Gasteiger partial charge is 0.236 e. The van der Waals surface area contributed by atoms with Crippen molar-refractivity contribution in [2.24, 2.45) is 0 Å². The van der Waals surface area contributed by atoms with Crippen molar-refractivity contribution in [2.75, 3.05) is 0 Å². The zero-order chi connectivity index (χ0) is 10.8. The molecule has 0 saturated heterocycles. The molecule has 0 aliphatic heterocycles. The smallest absolute Gasteiger partial charge is 0.132 e. The predicted octanol–water partition coefficient (Wildman–Crippen LogP) is 3.81. The van der Waals surface area contributed by atoms with Gasteiger partial charge in [-0.05, 0) is 40.2 Å². The Labute approximate surface area is 103 Å². The van der Waals surface area contributed by atoms with E-state index in [-0.39, 0.29) is 5.82 Å². The third-order valence-electron chi connectivity index (χ3n) is 1.84. The molecule has 0 fully saturated rings. The van der Waals surface area contributed by atoms with E-state index in [1.54, 1.807) is 18.2 Å². The van der Waals surface area contributed by atoms with Gasteiger partial charge in [0.15, 0.2) is 0 Å². The molecule has 0 saturated carbocycles. The van der Waals surface area contributed by atoms with E-state index >= 15 is 0 Å². The average Bonchev–Trinajstić information content (AvgIpc) is 2.22. The van der Waals surface area contributed by atoms with E-state index in [1.165, 1.54) is 12.4 Å². The molecule has 0 unspecified atom stereocenters. The molecule has 5 heteroatoms. The molecular formula is C10H5Br2FN2. The number of aromatic nitrogens is 2. The first-order valence-electron chi connectivity index (χ1n) is 4.10. The molecule has 1 aromatic carbocycles. The third kappa shape index (κ3) is 2.41. The Morgan fingerprint density at radius 3 is 2.60 bits per heavy atom. The van der Waals surface area contributed by atoms with Gasteiger partial charge in [-0.25, -0.2) is 14.4 Å². The lowest BCUT2D eigenvalue weighted by atomic mass is 10.1. The van der Waals surface area contributed by atoms with E-state index in [1.807, 2.05) is 0 Å². The quantitative estimate of drug-likeness (QED) is 0.743. The molecule has 1 aromatic heterocycles. The molecule has 2 nitrogen and oxygen atoms in total. The fraction of sp³-hybridized carbons (Fsp3) is 0. The number of hydrogen-bond donors (Lipinski definition) is 0. The summed E-state index contributed by atoms with van der Waals surface area (Å²) in [5, 5.41) is 0. The predicted molar refractivity (Wildman–Crippen MR) is 62.8 cm³/mol. The summed E-state index contributed by atoms with van der Waals surface area (Å²) in [6.45, 7) is 0. The summed E-state index contributed by atoms with van der Waals surface area (Å²) in [5.41, 5.74) is 1.00. The SMILES string of the molecule is Fc1ccc(Br)cc1-c1cc(Br)ncn1. The molecule has 2 aromatic rings. The highest BCUT2D eigenvalue weighted by Gasteiger charge is 2.07. The zero-order valence-corrected chi connectivity index (χ0v) is 10.6. The maximum atomic E-state index is 13.5. The molecule has 0 bridgehead atoms. The van der Waals surface area contributed by atoms with Crippen LogP contribution in [0.1, 0.15) is 0 Å². The lowest BCUT2D eigenvalue weighted by molar-refractivity contribution is 0.630. The van der Waals surface area contributed by atoms with Gasteiger partial charge in [-0.1, -0.05) is 15.9 Å². The van der Waals surface area contributed by atoms with E-state index in [9.17, 15) is 4.39 Å². The van der Waals surface area contributed by atoms with Crippen molar-refractivity contribution < 1.29 is 4.39 Å². The number of halogens is 3. The van der Waals surface area contributed by atoms with Gasteiger partial charge in [0.1, 0.15) is 16.7 Å². The van der Waals surface area contributed by atoms with Crippen molar-refractivity contribution >= 4 is 31.9 Å². The zero-order valence-electron chi connectivity index (χ0n) is 7.42. The Morgan fingerprint density at radius 1 is 1.07 bits per heavy atom. The molecule has 0 aliphatic carbocycles. The van der Waals surface area contributed by atoms with Crippen LogP contribution in [0.15, 0.2) is 39.7 Å². The molecule has 0 aliphatic rings. The van der Waals surface area contributed by atoms with Crippen LogP contribution in [0.4, 0.5) is 4.39 Å². The highest BCUT2D eigenvalue weighted by atomic mass is 79.9. The Bertz CT molecular complexity index is 503. The normalized spacial score (nSPS) is 10.3. The minimum atomic E-state index is -0.302. The minimum Gasteiger partial charge on any atom is -0.236 e. The van der Waals surface area contributed by atoms with E-state index in [2.05, 4.69) is 41.8 Å². The second kappa shape index (κ2) is 4.37. The van der Waals surface area contributed by atoms with Gasteiger partial charge >= 0.3 is 0 Å². The number of rotatable bonds is 1. The Kier molecular flexibility index (Phi) is 3.11. The highest BCUT2D eigenvalue weighted by molar-refractivity contribution is 9.10. The van der Waals surface area contributed by atoms with Gasteiger partial charge < -0.3 is 0 Å². The lowest BCUT2D eigenvalue weighted by Crippen LogP contribution is -1.89. The summed E-state index contributed by atoms with van der Waals surface area (Å²) < 4.78 is 14.9. The summed E-state index contributed by atoms with van der Waals surface area (Å²) in [6, 6.07) is 6.40. The molecule has 2 rings (SSSR count). The Hall–Kier alpha value is -0.810. The van der Waals surface area contributed by atoms with Gasteiger partial charge in [0, 0.05) is 10.0 Å². The van der Waals surface area contributed by atoms with Crippen molar-refractivity contribution in [3.05, 3.63) is 45.5 Å². The first kappa shape index (κ1) is 10.7. The number of hydrogen-bond acceptors (Lipinski definition) is 2. The van der Waals surface area contributed by atoms with Crippen molar-refractivity contribution in [3.63, 3.8) is 0 Å². The fourth-order valence-electron chi connectivity index (χ4n) is 1.17. The van der Waals surface area contributed by atoms with E-state index < -0.39 is 0 Å². The maximum absolute atomic E-state index is 13.5. The first-order valence-corrected chi connectivity index (χ1v) is 5.68. The van der Waals surface area contributed by atoms with Crippen LogP contribution in [-0.2, 0) is 0 Å². The summed E-state index contributed by atoms with van der Waals surface area (Å²) >= 11 is 6.51. The lowest BCUT2D eigenvalue weighted by Gasteiger charge is -2.03. The van der Waals surface area contributed by atoms with Crippen molar-refractivity contribution in [3.8, 4) is 11.3 Å². The van der Waals surface area contributed by atoms with Gasteiger partial charge in [-0.3, -0.25) is 0 Å². The standard InChI is InChI=1S/C10H5Br2FN2/c11-6-1-2-8(13)7(3-6)9-4-10(12)15-5-14-9/h1-5H. The van der Waals surface area contributed by atoms with Crippen molar-refractivity contribution in [1.29, 1.82) is 0 Å². The van der Waals surface area contributed by atoms with Crippen LogP contribution in [0, 0.1) is 5.82 Å². The van der Waals surface area contributed by atoms with Crippen LogP contribution < -0.4 is 0 Å². The molecule has 1 heterocycles. The van der Waals surface area contributed by atoms with Gasteiger partial charge in [-0.2, -0.15) is 0 Å². The van der Waals surface area contributed by atoms with Gasteiger partial charge in [0.2, 0.25) is 0 Å². The number of benzene rings is 1. The van der Waals surface area contributed by atoms with Crippen LogP contribution in [0.2, 0.25) is 0 Å². The summed E-state index contributed by atoms with van der Waals surface area (Å²) in [6.07, 6.45) is 1.39. The van der Waals surface area contributed by atoms with Crippen LogP contribution in [0.3, 0.4) is 0 Å². The van der Waals surface area contributed by atoms with Gasteiger partial charge in [0.05, 0.1) is 5.69 Å². The highest BCUT2D eigenvalue weighted by Crippen LogP contribution is 2.25. The van der Waals surface area contributed by atoms with Crippen molar-refractivity contribution in [2.45, 2.75) is 0 Å². The Morgan fingerprint density at radius 2 is 1.87 bits per heavy atom. The molecule has 0 atom stereocenters. The fourth-order valence-corrected chi connectivity index (χ4v) is 1.84. The van der Waals surface area contributed by atoms with E-state index in [0.29, 0.717) is 15.9 Å². The molecule has 0 radical (unpaired) electrons. The van der Waals surface area contributed by atoms with Gasteiger partial charge in [0.25, 0.3) is 0 Å². The van der Waals surface area contributed by atoms with Crippen LogP contribution in [0.5, 0.6) is 0 Å². The second-order valence-electron chi connectivity index (χ2n) is 2.85. The minimum absolute atomic E-state index is 0.302. The van der Waals surface area contributed by atoms with E-state index in [0.717, 1.165) is 4.47 Å². The molecule has 0 spiro atoms. The summed E-state index contributed by atoms with van der Waals surface area (Å²) in [7, 11) is 0. The molecule has 0 N–H and O–H groups in total. The molecular weight excluding hydrogens is 327 g/mol. The molecule has 15 heavy (non-hydrogen) atoms. The van der Waals surface area contributed by atoms with Gasteiger partial charge in [-0.15, -0.1) is 0 Å². The average molecular weight is 332 g/mol. The van der Waals surface area contributed by atoms with E-state index in [4.69, 9.17) is 0 Å². The second-order valence-corrected chi connectivity index (χ2v) is 4.58. The molecule has 76 valence electrons. The monoisotopic (exact) mass is 330 g/mol. The first-order chi connectivity index (χ1) is 7.16. The van der Waals surface area contributed by atoms with Crippen LogP contribution in [0.25, 0.3) is 11.3 Å². The summed E-state index contributed by atoms with van der Waals surface area (Å²) in [4.78, 5) is 7.90. The third-order valence-corrected chi connectivity index (χ3v) is 2.76. The topological polar surface area (TPSA) is 25.8 Å². The Balaban J connectivity index is 2.58. The van der Waals surface area contributed by atoms with Crippen molar-refractivity contribution in [1.82, 2.24) is 9.97 Å². The van der Waals surface area contributed by atoms with Crippen LogP contribution in [-0.4, -0.2) is 9.97 Å². The van der Waals surface area contributed by atoms with Crippen LogP contribution >= 0.6 is 31.9 Å². The summed E-state index contributed by atoms with van der Waals surface area (Å²) in [5.74, 6) is -0.302. The molecule has 0 amide bonds. The maximum Gasteiger partial charge on any atom is 0.132 e.